The summed E-state index contributed by atoms with van der Waals surface area (Å²) >= 11 is 0. The molecular formula is C27H25N3O9. The van der Waals surface area contributed by atoms with Crippen molar-refractivity contribution in [1.29, 1.82) is 0 Å². The van der Waals surface area contributed by atoms with Gasteiger partial charge in [-0.2, -0.15) is 0 Å². The summed E-state index contributed by atoms with van der Waals surface area (Å²) in [6.07, 6.45) is 1.92. The Morgan fingerprint density at radius 3 is 2.56 bits per heavy atom. The summed E-state index contributed by atoms with van der Waals surface area (Å²) in [5.41, 5.74) is -1.01. The molecule has 3 aromatic rings. The number of imide groups is 1. The Labute approximate surface area is 221 Å². The van der Waals surface area contributed by atoms with E-state index in [1.165, 1.54) is 24.3 Å². The molecule has 0 fully saturated rings. The molecule has 2 aromatic carbocycles. The van der Waals surface area contributed by atoms with E-state index in [4.69, 9.17) is 9.15 Å². The molecule has 2 heterocycles. The van der Waals surface area contributed by atoms with E-state index in [-0.39, 0.29) is 42.8 Å². The van der Waals surface area contributed by atoms with E-state index in [2.05, 4.69) is 5.32 Å². The predicted molar refractivity (Wildman–Crippen MR) is 137 cm³/mol. The lowest BCUT2D eigenvalue weighted by molar-refractivity contribution is -0.385. The average molecular weight is 536 g/mol. The number of carbonyl (C=O) groups is 4. The van der Waals surface area contributed by atoms with Crippen molar-refractivity contribution in [3.8, 4) is 0 Å². The third-order valence-electron chi connectivity index (χ3n) is 6.19. The lowest BCUT2D eigenvalue weighted by atomic mass is 10.1. The lowest BCUT2D eigenvalue weighted by Crippen LogP contribution is -2.30. The normalized spacial score (nSPS) is 12.5. The molecule has 12 nitrogen and oxygen atoms in total. The molecule has 1 aliphatic rings. The van der Waals surface area contributed by atoms with Crippen molar-refractivity contribution in [2.75, 3.05) is 19.7 Å². The molecule has 1 aromatic heterocycles. The third kappa shape index (κ3) is 6.17. The standard InChI is InChI=1S/C27H25N3O9/c31-22(38-15-7-13-28-24(32)19-16-17-8-3-4-11-21(17)39-27(19)35)12-2-1-5-14-29-25(33)18-9-6-10-20(30(36)37)23(18)26(29)34/h3-4,6,8-11,16H,1-2,5,7,12-15H2,(H,28,32). The molecule has 39 heavy (non-hydrogen) atoms. The van der Waals surface area contributed by atoms with Crippen LogP contribution in [0.2, 0.25) is 0 Å². The predicted octanol–water partition coefficient (Wildman–Crippen LogP) is 3.22. The maximum atomic E-state index is 12.5. The number of rotatable bonds is 12. The lowest BCUT2D eigenvalue weighted by Gasteiger charge is -2.13. The van der Waals surface area contributed by atoms with Gasteiger partial charge in [-0.1, -0.05) is 30.7 Å². The highest BCUT2D eigenvalue weighted by molar-refractivity contribution is 6.23. The molecule has 0 spiro atoms. The monoisotopic (exact) mass is 535 g/mol. The van der Waals surface area contributed by atoms with Gasteiger partial charge in [-0.15, -0.1) is 0 Å². The van der Waals surface area contributed by atoms with Gasteiger partial charge in [0.15, 0.2) is 0 Å². The second-order valence-electron chi connectivity index (χ2n) is 8.84. The van der Waals surface area contributed by atoms with Crippen molar-refractivity contribution in [1.82, 2.24) is 10.2 Å². The summed E-state index contributed by atoms with van der Waals surface area (Å²) < 4.78 is 10.3. The Hall–Kier alpha value is -4.87. The molecule has 0 saturated heterocycles. The van der Waals surface area contributed by atoms with Gasteiger partial charge in [0.2, 0.25) is 0 Å². The van der Waals surface area contributed by atoms with Crippen LogP contribution in [0.3, 0.4) is 0 Å². The van der Waals surface area contributed by atoms with E-state index in [0.717, 1.165) is 4.90 Å². The van der Waals surface area contributed by atoms with Gasteiger partial charge >= 0.3 is 11.6 Å². The molecule has 0 unspecified atom stereocenters. The SMILES string of the molecule is O=C(CCCCCN1C(=O)c2cccc([N+](=O)[O-])c2C1=O)OCCCNC(=O)c1cc2ccccc2oc1=O. The number of fused-ring (bicyclic) bond motifs is 2. The highest BCUT2D eigenvalue weighted by Crippen LogP contribution is 2.30. The average Bonchev–Trinajstić information content (AvgIpc) is 3.16. The number of hydrogen-bond acceptors (Lipinski definition) is 9. The largest absolute Gasteiger partial charge is 0.466 e. The number of ether oxygens (including phenoxy) is 1. The van der Waals surface area contributed by atoms with E-state index in [1.54, 1.807) is 24.3 Å². The van der Waals surface area contributed by atoms with Crippen LogP contribution in [-0.4, -0.2) is 53.2 Å². The second-order valence-corrected chi connectivity index (χ2v) is 8.84. The van der Waals surface area contributed by atoms with E-state index < -0.39 is 39.9 Å². The quantitative estimate of drug-likeness (QED) is 0.0915. The first kappa shape index (κ1) is 27.2. The van der Waals surface area contributed by atoms with E-state index >= 15 is 0 Å². The Bertz CT molecular complexity index is 1510. The van der Waals surface area contributed by atoms with Crippen molar-refractivity contribution < 1.29 is 33.3 Å². The summed E-state index contributed by atoms with van der Waals surface area (Å²) in [7, 11) is 0. The van der Waals surface area contributed by atoms with Crippen molar-refractivity contribution in [2.24, 2.45) is 0 Å². The Balaban J connectivity index is 1.11. The number of nitrogens with zero attached hydrogens (tertiary/aromatic N) is 2. The van der Waals surface area contributed by atoms with Gasteiger partial charge in [0.1, 0.15) is 16.7 Å². The molecular weight excluding hydrogens is 510 g/mol. The Morgan fingerprint density at radius 1 is 0.974 bits per heavy atom. The molecule has 4 rings (SSSR count). The van der Waals surface area contributed by atoms with Gasteiger partial charge in [-0.05, 0) is 37.5 Å². The summed E-state index contributed by atoms with van der Waals surface area (Å²) in [6, 6.07) is 12.3. The summed E-state index contributed by atoms with van der Waals surface area (Å²) in [5, 5.41) is 14.4. The van der Waals surface area contributed by atoms with Crippen LogP contribution >= 0.6 is 0 Å². The maximum Gasteiger partial charge on any atom is 0.349 e. The van der Waals surface area contributed by atoms with Crippen LogP contribution in [0.15, 0.2) is 57.7 Å². The molecule has 12 heteroatoms. The van der Waals surface area contributed by atoms with Gasteiger partial charge in [-0.25, -0.2) is 4.79 Å². The maximum absolute atomic E-state index is 12.5. The van der Waals surface area contributed by atoms with Gasteiger partial charge in [0.05, 0.1) is 17.1 Å². The van der Waals surface area contributed by atoms with E-state index in [1.807, 2.05) is 0 Å². The van der Waals surface area contributed by atoms with Crippen molar-refractivity contribution in [3.63, 3.8) is 0 Å². The van der Waals surface area contributed by atoms with Crippen molar-refractivity contribution >= 4 is 40.3 Å². The zero-order valence-electron chi connectivity index (χ0n) is 20.8. The molecule has 1 N–H and O–H groups in total. The second kappa shape index (κ2) is 12.1. The molecule has 3 amide bonds. The van der Waals surface area contributed by atoms with Crippen LogP contribution < -0.4 is 10.9 Å². The molecule has 1 aliphatic heterocycles. The van der Waals surface area contributed by atoms with E-state index in [0.29, 0.717) is 36.7 Å². The fraction of sp³-hybridized carbons (Fsp3) is 0.296. The van der Waals surface area contributed by atoms with Crippen molar-refractivity contribution in [3.05, 3.63) is 85.8 Å². The number of benzene rings is 2. The number of unbranched alkanes of at least 4 members (excludes halogenated alkanes) is 2. The number of nitro groups is 1. The first-order valence-electron chi connectivity index (χ1n) is 12.4. The molecule has 0 radical (unpaired) electrons. The highest BCUT2D eigenvalue weighted by Gasteiger charge is 2.40. The van der Waals surface area contributed by atoms with Gasteiger partial charge in [0, 0.05) is 31.0 Å². The number of carbonyl (C=O) groups excluding carboxylic acids is 4. The number of para-hydroxylation sites is 1. The van der Waals surface area contributed by atoms with Crippen LogP contribution in [-0.2, 0) is 9.53 Å². The number of esters is 1. The summed E-state index contributed by atoms with van der Waals surface area (Å²) in [6.45, 7) is 0.365. The Kier molecular flexibility index (Phi) is 8.44. The molecule has 0 saturated carbocycles. The summed E-state index contributed by atoms with van der Waals surface area (Å²) in [4.78, 5) is 72.8. The fourth-order valence-electron chi connectivity index (χ4n) is 4.23. The molecule has 0 atom stereocenters. The Morgan fingerprint density at radius 2 is 1.77 bits per heavy atom. The minimum Gasteiger partial charge on any atom is -0.466 e. The number of nitrogens with one attached hydrogen (secondary N) is 1. The zero-order valence-corrected chi connectivity index (χ0v) is 20.8. The van der Waals surface area contributed by atoms with Crippen molar-refractivity contribution in [2.45, 2.75) is 32.1 Å². The van der Waals surface area contributed by atoms with Gasteiger partial charge in [-0.3, -0.25) is 34.2 Å². The van der Waals surface area contributed by atoms with Crippen LogP contribution in [0.25, 0.3) is 11.0 Å². The smallest absolute Gasteiger partial charge is 0.349 e. The fourth-order valence-corrected chi connectivity index (χ4v) is 4.23. The first-order valence-corrected chi connectivity index (χ1v) is 12.4. The van der Waals surface area contributed by atoms with Crippen LogP contribution in [0.4, 0.5) is 5.69 Å². The van der Waals surface area contributed by atoms with Gasteiger partial charge < -0.3 is 14.5 Å². The summed E-state index contributed by atoms with van der Waals surface area (Å²) in [5.74, 6) is -2.25. The first-order chi connectivity index (χ1) is 18.8. The zero-order chi connectivity index (χ0) is 27.9. The van der Waals surface area contributed by atoms with Gasteiger partial charge in [0.25, 0.3) is 23.4 Å². The van der Waals surface area contributed by atoms with Crippen LogP contribution in [0, 0.1) is 10.1 Å². The number of hydrogen-bond donors (Lipinski definition) is 1. The highest BCUT2D eigenvalue weighted by atomic mass is 16.6. The minimum atomic E-state index is -0.734. The molecule has 0 bridgehead atoms. The number of amides is 3. The minimum absolute atomic E-state index is 0.0229. The topological polar surface area (TPSA) is 166 Å². The number of nitro benzene ring substituents is 1. The van der Waals surface area contributed by atoms with Crippen LogP contribution in [0.5, 0.6) is 0 Å². The van der Waals surface area contributed by atoms with E-state index in [9.17, 15) is 34.1 Å². The van der Waals surface area contributed by atoms with Crippen LogP contribution in [0.1, 0.15) is 63.2 Å². The third-order valence-corrected chi connectivity index (χ3v) is 6.19. The molecule has 0 aliphatic carbocycles. The molecule has 202 valence electrons.